The van der Waals surface area contributed by atoms with Crippen molar-refractivity contribution in [3.05, 3.63) is 52.1 Å². The van der Waals surface area contributed by atoms with Gasteiger partial charge in [-0.2, -0.15) is 0 Å². The zero-order valence-electron chi connectivity index (χ0n) is 9.72. The maximum absolute atomic E-state index is 13.8. The largest absolute Gasteiger partial charge is 0.330 e. The normalized spacial score (nSPS) is 10.7. The predicted octanol–water partition coefficient (Wildman–Crippen LogP) is 1.56. The van der Waals surface area contributed by atoms with Crippen molar-refractivity contribution in [2.75, 3.05) is 6.54 Å². The Morgan fingerprint density at radius 2 is 2.16 bits per heavy atom. The highest BCUT2D eigenvalue weighted by molar-refractivity contribution is 5.54. The fraction of sp³-hybridized carbons (Fsp3) is 0.182. The van der Waals surface area contributed by atoms with E-state index in [9.17, 15) is 18.9 Å². The SMILES string of the molecule is NCCc1nccn1-c1c([N+](=O)[O-])ccc(F)c1F. The Morgan fingerprint density at radius 1 is 1.42 bits per heavy atom. The molecule has 0 bridgehead atoms. The summed E-state index contributed by atoms with van der Waals surface area (Å²) in [4.78, 5) is 14.1. The molecular weight excluding hydrogens is 258 g/mol. The Kier molecular flexibility index (Phi) is 3.52. The fourth-order valence-corrected chi connectivity index (χ4v) is 1.76. The number of rotatable bonds is 4. The molecule has 0 atom stereocenters. The molecule has 0 aliphatic rings. The summed E-state index contributed by atoms with van der Waals surface area (Å²) >= 11 is 0. The molecule has 19 heavy (non-hydrogen) atoms. The number of hydrogen-bond acceptors (Lipinski definition) is 4. The molecule has 1 heterocycles. The first-order chi connectivity index (χ1) is 9.06. The first kappa shape index (κ1) is 13.1. The number of aromatic nitrogens is 2. The minimum Gasteiger partial charge on any atom is -0.330 e. The van der Waals surface area contributed by atoms with Crippen LogP contribution in [0.2, 0.25) is 0 Å². The van der Waals surface area contributed by atoms with Crippen molar-refractivity contribution >= 4 is 5.69 Å². The second-order valence-electron chi connectivity index (χ2n) is 3.74. The summed E-state index contributed by atoms with van der Waals surface area (Å²) in [5.41, 5.74) is 4.38. The third kappa shape index (κ3) is 2.29. The zero-order valence-corrected chi connectivity index (χ0v) is 9.72. The monoisotopic (exact) mass is 268 g/mol. The Labute approximate surface area is 106 Å². The number of nitro groups is 1. The van der Waals surface area contributed by atoms with Gasteiger partial charge in [0.1, 0.15) is 5.82 Å². The third-order valence-electron chi connectivity index (χ3n) is 2.57. The van der Waals surface area contributed by atoms with Crippen molar-refractivity contribution in [1.29, 1.82) is 0 Å². The van der Waals surface area contributed by atoms with Gasteiger partial charge in [0.05, 0.1) is 4.92 Å². The van der Waals surface area contributed by atoms with Crippen LogP contribution in [-0.4, -0.2) is 21.0 Å². The first-order valence-corrected chi connectivity index (χ1v) is 5.41. The maximum atomic E-state index is 13.8. The molecule has 0 aliphatic heterocycles. The lowest BCUT2D eigenvalue weighted by molar-refractivity contribution is -0.384. The average Bonchev–Trinajstić information content (AvgIpc) is 2.80. The van der Waals surface area contributed by atoms with E-state index in [-0.39, 0.29) is 6.54 Å². The van der Waals surface area contributed by atoms with Gasteiger partial charge < -0.3 is 5.73 Å². The predicted molar refractivity (Wildman–Crippen MR) is 62.9 cm³/mol. The van der Waals surface area contributed by atoms with Crippen LogP contribution in [0, 0.1) is 21.7 Å². The van der Waals surface area contributed by atoms with Crippen LogP contribution in [0.25, 0.3) is 5.69 Å². The van der Waals surface area contributed by atoms with Gasteiger partial charge in [-0.3, -0.25) is 14.7 Å². The molecule has 2 N–H and O–H groups in total. The molecule has 6 nitrogen and oxygen atoms in total. The summed E-state index contributed by atoms with van der Waals surface area (Å²) in [6.45, 7) is 0.238. The Balaban J connectivity index is 2.69. The van der Waals surface area contributed by atoms with E-state index in [0.29, 0.717) is 12.2 Å². The quantitative estimate of drug-likeness (QED) is 0.673. The summed E-state index contributed by atoms with van der Waals surface area (Å²) in [6, 6.07) is 1.64. The minimum absolute atomic E-state index is 0.238. The summed E-state index contributed by atoms with van der Waals surface area (Å²) < 4.78 is 28.3. The van der Waals surface area contributed by atoms with Crippen molar-refractivity contribution in [2.45, 2.75) is 6.42 Å². The van der Waals surface area contributed by atoms with E-state index < -0.39 is 27.9 Å². The maximum Gasteiger partial charge on any atom is 0.296 e. The molecule has 0 unspecified atom stereocenters. The molecule has 0 saturated heterocycles. The summed E-state index contributed by atoms with van der Waals surface area (Å²) in [5.74, 6) is -2.12. The third-order valence-corrected chi connectivity index (χ3v) is 2.57. The van der Waals surface area contributed by atoms with E-state index in [1.807, 2.05) is 0 Å². The summed E-state index contributed by atoms with van der Waals surface area (Å²) in [5, 5.41) is 10.9. The lowest BCUT2D eigenvalue weighted by Crippen LogP contribution is -2.11. The smallest absolute Gasteiger partial charge is 0.296 e. The van der Waals surface area contributed by atoms with Crippen molar-refractivity contribution in [1.82, 2.24) is 9.55 Å². The van der Waals surface area contributed by atoms with E-state index >= 15 is 0 Å². The molecule has 0 spiro atoms. The van der Waals surface area contributed by atoms with Gasteiger partial charge in [-0.15, -0.1) is 0 Å². The van der Waals surface area contributed by atoms with Gasteiger partial charge in [0, 0.05) is 24.9 Å². The molecule has 0 amide bonds. The summed E-state index contributed by atoms with van der Waals surface area (Å²) in [6.07, 6.45) is 2.97. The molecule has 100 valence electrons. The van der Waals surface area contributed by atoms with Gasteiger partial charge in [0.15, 0.2) is 17.3 Å². The second-order valence-corrected chi connectivity index (χ2v) is 3.74. The lowest BCUT2D eigenvalue weighted by atomic mass is 10.2. The summed E-state index contributed by atoms with van der Waals surface area (Å²) in [7, 11) is 0. The Bertz CT molecular complexity index is 627. The van der Waals surface area contributed by atoms with Crippen LogP contribution in [-0.2, 0) is 6.42 Å². The lowest BCUT2D eigenvalue weighted by Gasteiger charge is -2.09. The van der Waals surface area contributed by atoms with Gasteiger partial charge in [-0.1, -0.05) is 0 Å². The number of imidazole rings is 1. The molecular formula is C11H10F2N4O2. The fourth-order valence-electron chi connectivity index (χ4n) is 1.76. The minimum atomic E-state index is -1.29. The van der Waals surface area contributed by atoms with Crippen molar-refractivity contribution in [3.63, 3.8) is 0 Å². The van der Waals surface area contributed by atoms with E-state index in [1.165, 1.54) is 12.4 Å². The molecule has 1 aromatic heterocycles. The van der Waals surface area contributed by atoms with Gasteiger partial charge >= 0.3 is 0 Å². The number of nitrogens with zero attached hydrogens (tertiary/aromatic N) is 3. The number of hydrogen-bond donors (Lipinski definition) is 1. The van der Waals surface area contributed by atoms with Crippen molar-refractivity contribution in [2.24, 2.45) is 5.73 Å². The van der Waals surface area contributed by atoms with E-state index in [1.54, 1.807) is 0 Å². The topological polar surface area (TPSA) is 87.0 Å². The van der Waals surface area contributed by atoms with Crippen LogP contribution in [0.4, 0.5) is 14.5 Å². The highest BCUT2D eigenvalue weighted by Gasteiger charge is 2.24. The van der Waals surface area contributed by atoms with Gasteiger partial charge in [0.2, 0.25) is 0 Å². The standard InChI is InChI=1S/C11H10F2N4O2/c12-7-1-2-8(17(18)19)11(10(7)13)16-6-5-15-9(16)3-4-14/h1-2,5-6H,3-4,14H2. The van der Waals surface area contributed by atoms with Crippen LogP contribution in [0.1, 0.15) is 5.82 Å². The number of benzene rings is 1. The van der Waals surface area contributed by atoms with Crippen LogP contribution < -0.4 is 5.73 Å². The van der Waals surface area contributed by atoms with E-state index in [4.69, 9.17) is 5.73 Å². The molecule has 8 heteroatoms. The molecule has 1 aromatic carbocycles. The Hall–Kier alpha value is -2.35. The van der Waals surface area contributed by atoms with E-state index in [2.05, 4.69) is 4.98 Å². The van der Waals surface area contributed by atoms with Gasteiger partial charge in [-0.25, -0.2) is 13.8 Å². The average molecular weight is 268 g/mol. The molecule has 0 radical (unpaired) electrons. The van der Waals surface area contributed by atoms with Crippen LogP contribution in [0.15, 0.2) is 24.5 Å². The molecule has 2 aromatic rings. The zero-order chi connectivity index (χ0) is 14.0. The molecule has 0 fully saturated rings. The van der Waals surface area contributed by atoms with Crippen LogP contribution >= 0.6 is 0 Å². The molecule has 0 saturated carbocycles. The number of nitrogens with two attached hydrogens (primary N) is 1. The first-order valence-electron chi connectivity index (χ1n) is 5.41. The van der Waals surface area contributed by atoms with Crippen LogP contribution in [0.5, 0.6) is 0 Å². The number of halogens is 2. The van der Waals surface area contributed by atoms with Crippen molar-refractivity contribution < 1.29 is 13.7 Å². The molecule has 2 rings (SSSR count). The highest BCUT2D eigenvalue weighted by Crippen LogP contribution is 2.28. The van der Waals surface area contributed by atoms with Gasteiger partial charge in [-0.05, 0) is 12.6 Å². The van der Waals surface area contributed by atoms with Crippen molar-refractivity contribution in [3.8, 4) is 5.69 Å². The second kappa shape index (κ2) is 5.11. The molecule has 0 aliphatic carbocycles. The van der Waals surface area contributed by atoms with Gasteiger partial charge in [0.25, 0.3) is 5.69 Å². The van der Waals surface area contributed by atoms with E-state index in [0.717, 1.165) is 16.7 Å². The highest BCUT2D eigenvalue weighted by atomic mass is 19.2. The number of nitro benzene ring substituents is 1. The van der Waals surface area contributed by atoms with Crippen LogP contribution in [0.3, 0.4) is 0 Å². The Morgan fingerprint density at radius 3 is 2.79 bits per heavy atom.